The highest BCUT2D eigenvalue weighted by Gasteiger charge is 2.40. The summed E-state index contributed by atoms with van der Waals surface area (Å²) in [5.74, 6) is -0.233. The van der Waals surface area contributed by atoms with E-state index in [1.165, 1.54) is 17.5 Å². The molecule has 0 spiro atoms. The fraction of sp³-hybridized carbons (Fsp3) is 0.750. The lowest BCUT2D eigenvalue weighted by Crippen LogP contribution is -2.23. The molecule has 3 heterocycles. The van der Waals surface area contributed by atoms with Gasteiger partial charge in [0, 0.05) is 12.5 Å². The van der Waals surface area contributed by atoms with Crippen molar-refractivity contribution in [2.75, 3.05) is 11.9 Å². The number of aromatic nitrogens is 4. The number of halogens is 1. The minimum Gasteiger partial charge on any atom is -0.388 e. The van der Waals surface area contributed by atoms with E-state index in [1.807, 2.05) is 0 Å². The van der Waals surface area contributed by atoms with E-state index in [-0.39, 0.29) is 18.3 Å². The van der Waals surface area contributed by atoms with Gasteiger partial charge in [0.1, 0.15) is 11.9 Å². The van der Waals surface area contributed by atoms with Crippen LogP contribution in [0.1, 0.15) is 57.6 Å². The van der Waals surface area contributed by atoms with Crippen LogP contribution in [-0.2, 0) is 14.0 Å². The molecule has 1 saturated heterocycles. The van der Waals surface area contributed by atoms with Crippen molar-refractivity contribution in [2.24, 2.45) is 5.92 Å². The molecular formula is C20H29ClN5O6P. The van der Waals surface area contributed by atoms with Crippen molar-refractivity contribution in [2.45, 2.75) is 81.7 Å². The van der Waals surface area contributed by atoms with E-state index in [4.69, 9.17) is 21.1 Å². The second-order valence-corrected chi connectivity index (χ2v) is 11.4. The first-order valence-corrected chi connectivity index (χ1v) is 13.5. The second kappa shape index (κ2) is 9.37. The number of hydrogen-bond acceptors (Lipinski definition) is 8. The van der Waals surface area contributed by atoms with Crippen LogP contribution in [0.2, 0.25) is 5.28 Å². The molecule has 2 aromatic rings. The average Bonchev–Trinajstić information content (AvgIpc) is 3.09. The number of rotatable bonds is 9. The van der Waals surface area contributed by atoms with Gasteiger partial charge in [0.15, 0.2) is 17.7 Å². The molecule has 182 valence electrons. The first-order chi connectivity index (χ1) is 15.8. The maximum Gasteiger partial charge on any atom is 0.354 e. The molecule has 1 aliphatic heterocycles. The van der Waals surface area contributed by atoms with Gasteiger partial charge in [-0.2, -0.15) is 15.1 Å². The van der Waals surface area contributed by atoms with Crippen LogP contribution in [0.3, 0.4) is 0 Å². The largest absolute Gasteiger partial charge is 0.388 e. The molecule has 33 heavy (non-hydrogen) atoms. The first-order valence-electron chi connectivity index (χ1n) is 11.5. The van der Waals surface area contributed by atoms with Crippen molar-refractivity contribution in [3.05, 3.63) is 11.5 Å². The monoisotopic (exact) mass is 501 g/mol. The topological polar surface area (TPSA) is 152 Å². The van der Waals surface area contributed by atoms with Crippen molar-refractivity contribution in [1.29, 1.82) is 0 Å². The van der Waals surface area contributed by atoms with Gasteiger partial charge in [0.2, 0.25) is 5.28 Å². The Kier molecular flexibility index (Phi) is 6.65. The molecule has 3 fully saturated rings. The Hall–Kier alpha value is -1.33. The van der Waals surface area contributed by atoms with Crippen LogP contribution in [0.4, 0.5) is 5.82 Å². The normalized spacial score (nSPS) is 27.5. The van der Waals surface area contributed by atoms with Crippen LogP contribution in [0, 0.1) is 5.92 Å². The lowest BCUT2D eigenvalue weighted by molar-refractivity contribution is -0.0716. The van der Waals surface area contributed by atoms with Gasteiger partial charge in [-0.15, -0.1) is 0 Å². The highest BCUT2D eigenvalue weighted by atomic mass is 35.5. The van der Waals surface area contributed by atoms with Crippen LogP contribution < -0.4 is 5.32 Å². The van der Waals surface area contributed by atoms with Gasteiger partial charge in [0.25, 0.3) is 0 Å². The van der Waals surface area contributed by atoms with Crippen molar-refractivity contribution in [3.8, 4) is 0 Å². The van der Waals surface area contributed by atoms with Crippen molar-refractivity contribution in [3.63, 3.8) is 0 Å². The van der Waals surface area contributed by atoms with E-state index < -0.39 is 31.9 Å². The number of ether oxygens (including phenoxy) is 2. The Morgan fingerprint density at radius 2 is 2.03 bits per heavy atom. The zero-order valence-corrected chi connectivity index (χ0v) is 19.7. The molecule has 13 heteroatoms. The van der Waals surface area contributed by atoms with Crippen molar-refractivity contribution < 1.29 is 28.9 Å². The van der Waals surface area contributed by atoms with Crippen LogP contribution in [0.25, 0.3) is 11.0 Å². The van der Waals surface area contributed by atoms with Gasteiger partial charge < -0.3 is 29.7 Å². The zero-order valence-electron chi connectivity index (χ0n) is 18.1. The summed E-state index contributed by atoms with van der Waals surface area (Å²) in [6.07, 6.45) is 6.38. The number of anilines is 1. The molecule has 3 aliphatic rings. The van der Waals surface area contributed by atoms with Gasteiger partial charge in [-0.1, -0.05) is 25.7 Å². The van der Waals surface area contributed by atoms with Crippen LogP contribution >= 0.6 is 19.2 Å². The predicted octanol–water partition coefficient (Wildman–Crippen LogP) is 2.80. The van der Waals surface area contributed by atoms with Gasteiger partial charge in [-0.3, -0.25) is 4.57 Å². The van der Waals surface area contributed by atoms with E-state index in [9.17, 15) is 19.5 Å². The first kappa shape index (κ1) is 23.4. The summed E-state index contributed by atoms with van der Waals surface area (Å²) in [6.45, 7) is -0.0283. The molecule has 2 saturated carbocycles. The molecule has 4 N–H and O–H groups in total. The highest BCUT2D eigenvalue weighted by Crippen LogP contribution is 2.49. The van der Waals surface area contributed by atoms with Gasteiger partial charge >= 0.3 is 7.60 Å². The molecule has 0 aromatic carbocycles. The van der Waals surface area contributed by atoms with Gasteiger partial charge in [0.05, 0.1) is 24.3 Å². The van der Waals surface area contributed by atoms with E-state index in [0.29, 0.717) is 35.2 Å². The second-order valence-electron chi connectivity index (χ2n) is 9.30. The Labute approximate surface area is 196 Å². The fourth-order valence-electron chi connectivity index (χ4n) is 4.68. The molecule has 4 atom stereocenters. The molecule has 2 aromatic heterocycles. The van der Waals surface area contributed by atoms with Crippen LogP contribution in [-0.4, -0.2) is 65.3 Å². The summed E-state index contributed by atoms with van der Waals surface area (Å²) >= 11 is 6.18. The van der Waals surface area contributed by atoms with Gasteiger partial charge in [-0.25, -0.2) is 4.68 Å². The SMILES string of the molecule is O=P(O)(O)C(CC1CC1)OC[C@@H]1C[C@@H](O)[C@H](n2ncc3c(NC4CCCC4)nc(Cl)nc32)O1. The quantitative estimate of drug-likeness (QED) is 0.298. The summed E-state index contributed by atoms with van der Waals surface area (Å²) in [5, 5.41) is 19.2. The molecule has 0 radical (unpaired) electrons. The Bertz CT molecular complexity index is 1040. The molecule has 5 rings (SSSR count). The molecule has 0 bridgehead atoms. The summed E-state index contributed by atoms with van der Waals surface area (Å²) in [5.41, 5.74) is 0.447. The Balaban J connectivity index is 1.29. The zero-order chi connectivity index (χ0) is 23.2. The fourth-order valence-corrected chi connectivity index (χ4v) is 5.69. The maximum atomic E-state index is 11.8. The Morgan fingerprint density at radius 1 is 1.27 bits per heavy atom. The van der Waals surface area contributed by atoms with E-state index >= 15 is 0 Å². The lowest BCUT2D eigenvalue weighted by Gasteiger charge is -2.21. The molecule has 11 nitrogen and oxygen atoms in total. The van der Waals surface area contributed by atoms with E-state index in [1.54, 1.807) is 6.20 Å². The number of hydrogen-bond donors (Lipinski definition) is 4. The minimum atomic E-state index is -4.38. The molecule has 0 amide bonds. The van der Waals surface area contributed by atoms with Crippen molar-refractivity contribution in [1.82, 2.24) is 19.7 Å². The van der Waals surface area contributed by atoms with Crippen LogP contribution in [0.15, 0.2) is 6.20 Å². The number of nitrogens with zero attached hydrogens (tertiary/aromatic N) is 4. The lowest BCUT2D eigenvalue weighted by atomic mass is 10.2. The maximum absolute atomic E-state index is 11.8. The summed E-state index contributed by atoms with van der Waals surface area (Å²) in [4.78, 5) is 27.8. The third-order valence-electron chi connectivity index (χ3n) is 6.61. The molecule has 1 unspecified atom stereocenters. The third-order valence-corrected chi connectivity index (χ3v) is 7.89. The number of fused-ring (bicyclic) bond motifs is 1. The third kappa shape index (κ3) is 5.35. The smallest absolute Gasteiger partial charge is 0.354 e. The minimum absolute atomic E-state index is 0.0283. The summed E-state index contributed by atoms with van der Waals surface area (Å²) in [7, 11) is -4.38. The Morgan fingerprint density at radius 3 is 2.73 bits per heavy atom. The number of nitrogens with one attached hydrogen (secondary N) is 1. The van der Waals surface area contributed by atoms with E-state index in [0.717, 1.165) is 25.7 Å². The summed E-state index contributed by atoms with van der Waals surface area (Å²) < 4.78 is 24.8. The highest BCUT2D eigenvalue weighted by molar-refractivity contribution is 7.52. The predicted molar refractivity (Wildman–Crippen MR) is 120 cm³/mol. The van der Waals surface area contributed by atoms with Crippen LogP contribution in [0.5, 0.6) is 0 Å². The average molecular weight is 502 g/mol. The van der Waals surface area contributed by atoms with Gasteiger partial charge in [-0.05, 0) is 36.8 Å². The van der Waals surface area contributed by atoms with E-state index in [2.05, 4.69) is 20.4 Å². The number of aliphatic hydroxyl groups excluding tert-OH is 1. The molecular weight excluding hydrogens is 473 g/mol. The molecule has 2 aliphatic carbocycles. The standard InChI is InChI=1S/C20H29ClN5O6P/c21-20-24-17(23-12-3-1-2-4-12)14-9-22-26(18(14)25-20)19-15(27)8-13(32-19)10-31-16(33(28,29)30)7-11-5-6-11/h9,11-13,15-16,19,27H,1-8,10H2,(H,23,24,25)(H2,28,29,30)/t13-,15+,16?,19+/m0/s1. The van der Waals surface area contributed by atoms with Crippen molar-refractivity contribution >= 4 is 36.0 Å². The summed E-state index contributed by atoms with van der Waals surface area (Å²) in [6, 6.07) is 0.329. The number of aliphatic hydroxyl groups is 1.